The fourth-order valence-corrected chi connectivity index (χ4v) is 3.99. The lowest BCUT2D eigenvalue weighted by Crippen LogP contribution is -2.44. The average Bonchev–Trinajstić information content (AvgIpc) is 2.30. The third-order valence-corrected chi connectivity index (χ3v) is 4.52. The van der Waals surface area contributed by atoms with E-state index >= 15 is 0 Å². The van der Waals surface area contributed by atoms with Gasteiger partial charge in [0.05, 0.1) is 0 Å². The molecule has 1 aromatic carbocycles. The van der Waals surface area contributed by atoms with E-state index in [2.05, 4.69) is 60.8 Å². The summed E-state index contributed by atoms with van der Waals surface area (Å²) in [5.41, 5.74) is 7.33. The van der Waals surface area contributed by atoms with Crippen molar-refractivity contribution in [3.63, 3.8) is 0 Å². The predicted octanol–water partition coefficient (Wildman–Crippen LogP) is 2.51. The summed E-state index contributed by atoms with van der Waals surface area (Å²) in [5.74, 6) is 0. The zero-order chi connectivity index (χ0) is 12.3. The second-order valence-corrected chi connectivity index (χ2v) is 6.76. The number of nitrogens with zero attached hydrogens (tertiary/aromatic N) is 1. The van der Waals surface area contributed by atoms with Crippen molar-refractivity contribution in [3.8, 4) is 0 Å². The predicted molar refractivity (Wildman–Crippen MR) is 76.3 cm³/mol. The van der Waals surface area contributed by atoms with Crippen LogP contribution in [0.1, 0.15) is 25.5 Å². The second-order valence-electron chi connectivity index (χ2n) is 4.87. The first-order valence-corrected chi connectivity index (χ1v) is 7.29. The van der Waals surface area contributed by atoms with E-state index in [0.29, 0.717) is 23.1 Å². The van der Waals surface area contributed by atoms with Crippen molar-refractivity contribution < 1.29 is 0 Å². The van der Waals surface area contributed by atoms with E-state index in [1.807, 2.05) is 0 Å². The summed E-state index contributed by atoms with van der Waals surface area (Å²) in [6.07, 6.45) is 0. The van der Waals surface area contributed by atoms with Crippen molar-refractivity contribution in [1.29, 1.82) is 0 Å². The first-order chi connectivity index (χ1) is 8.20. The Hall–Kier alpha value is -0.510. The highest BCUT2D eigenvalue weighted by Crippen LogP contribution is 2.30. The van der Waals surface area contributed by atoms with Crippen LogP contribution in [0.25, 0.3) is 0 Å². The van der Waals surface area contributed by atoms with Gasteiger partial charge in [-0.05, 0) is 5.56 Å². The standard InChI is InChI=1S/C14H22N2S/c1-11-9-16(10-12(2)17-11)14(8-15)13-6-4-3-5-7-13/h3-7,11-12,14H,8-10,15H2,1-2H3. The molecule has 1 aliphatic heterocycles. The van der Waals surface area contributed by atoms with Gasteiger partial charge in [0.2, 0.25) is 0 Å². The molecule has 2 rings (SSSR count). The molecule has 0 radical (unpaired) electrons. The number of hydrogen-bond acceptors (Lipinski definition) is 3. The van der Waals surface area contributed by atoms with E-state index in [4.69, 9.17) is 5.73 Å². The second kappa shape index (κ2) is 5.89. The maximum absolute atomic E-state index is 5.98. The van der Waals surface area contributed by atoms with Gasteiger partial charge in [0.25, 0.3) is 0 Å². The summed E-state index contributed by atoms with van der Waals surface area (Å²) >= 11 is 2.09. The molecule has 0 saturated carbocycles. The number of hydrogen-bond donors (Lipinski definition) is 1. The van der Waals surface area contributed by atoms with Gasteiger partial charge < -0.3 is 5.73 Å². The molecule has 1 saturated heterocycles. The molecule has 3 heteroatoms. The maximum Gasteiger partial charge on any atom is 0.0471 e. The highest BCUT2D eigenvalue weighted by molar-refractivity contribution is 8.00. The summed E-state index contributed by atoms with van der Waals surface area (Å²) in [6, 6.07) is 11.0. The van der Waals surface area contributed by atoms with Gasteiger partial charge in [0.1, 0.15) is 0 Å². The van der Waals surface area contributed by atoms with Crippen LogP contribution in [0.5, 0.6) is 0 Å². The first kappa shape index (κ1) is 12.9. The molecular formula is C14H22N2S. The quantitative estimate of drug-likeness (QED) is 0.894. The van der Waals surface area contributed by atoms with Crippen LogP contribution in [0.4, 0.5) is 0 Å². The molecule has 1 aliphatic rings. The van der Waals surface area contributed by atoms with Crippen molar-refractivity contribution >= 4 is 11.8 Å². The lowest BCUT2D eigenvalue weighted by Gasteiger charge is -2.39. The molecule has 0 aromatic heterocycles. The molecule has 1 aromatic rings. The third-order valence-electron chi connectivity index (χ3n) is 3.30. The van der Waals surface area contributed by atoms with Gasteiger partial charge in [-0.2, -0.15) is 11.8 Å². The fraction of sp³-hybridized carbons (Fsp3) is 0.571. The molecule has 0 spiro atoms. The summed E-state index contributed by atoms with van der Waals surface area (Å²) in [6.45, 7) is 7.61. The summed E-state index contributed by atoms with van der Waals surface area (Å²) in [5, 5.41) is 1.41. The van der Waals surface area contributed by atoms with Gasteiger partial charge in [0, 0.05) is 36.2 Å². The third kappa shape index (κ3) is 3.24. The molecule has 94 valence electrons. The van der Waals surface area contributed by atoms with E-state index in [0.717, 1.165) is 13.1 Å². The van der Waals surface area contributed by atoms with E-state index in [1.54, 1.807) is 0 Å². The Morgan fingerprint density at radius 1 is 1.24 bits per heavy atom. The molecule has 1 heterocycles. The minimum absolute atomic E-state index is 0.377. The number of benzene rings is 1. The van der Waals surface area contributed by atoms with Crippen LogP contribution >= 0.6 is 11.8 Å². The van der Waals surface area contributed by atoms with Gasteiger partial charge in [-0.25, -0.2) is 0 Å². The van der Waals surface area contributed by atoms with Crippen LogP contribution in [-0.4, -0.2) is 35.0 Å². The molecule has 3 unspecified atom stereocenters. The Bertz CT molecular complexity index is 331. The van der Waals surface area contributed by atoms with Gasteiger partial charge in [-0.3, -0.25) is 4.90 Å². The topological polar surface area (TPSA) is 29.3 Å². The van der Waals surface area contributed by atoms with Gasteiger partial charge in [0.15, 0.2) is 0 Å². The largest absolute Gasteiger partial charge is 0.329 e. The minimum atomic E-state index is 0.377. The molecule has 0 bridgehead atoms. The molecule has 2 N–H and O–H groups in total. The number of rotatable bonds is 3. The van der Waals surface area contributed by atoms with Crippen molar-refractivity contribution in [3.05, 3.63) is 35.9 Å². The first-order valence-electron chi connectivity index (χ1n) is 6.35. The van der Waals surface area contributed by atoms with E-state index in [9.17, 15) is 0 Å². The lowest BCUT2D eigenvalue weighted by atomic mass is 10.0. The number of nitrogens with two attached hydrogens (primary N) is 1. The highest BCUT2D eigenvalue weighted by Gasteiger charge is 2.27. The van der Waals surface area contributed by atoms with Crippen LogP contribution in [0.3, 0.4) is 0 Å². The Kier molecular flexibility index (Phi) is 4.48. The summed E-state index contributed by atoms with van der Waals surface area (Å²) < 4.78 is 0. The van der Waals surface area contributed by atoms with Crippen LogP contribution < -0.4 is 5.73 Å². The zero-order valence-corrected chi connectivity index (χ0v) is 11.5. The van der Waals surface area contributed by atoms with Crippen molar-refractivity contribution in [2.75, 3.05) is 19.6 Å². The minimum Gasteiger partial charge on any atom is -0.329 e. The van der Waals surface area contributed by atoms with Crippen molar-refractivity contribution in [1.82, 2.24) is 4.90 Å². The van der Waals surface area contributed by atoms with Crippen LogP contribution in [0.2, 0.25) is 0 Å². The van der Waals surface area contributed by atoms with Crippen molar-refractivity contribution in [2.45, 2.75) is 30.4 Å². The fourth-order valence-electron chi connectivity index (χ4n) is 2.64. The van der Waals surface area contributed by atoms with Crippen LogP contribution in [-0.2, 0) is 0 Å². The molecule has 1 fully saturated rings. The monoisotopic (exact) mass is 250 g/mol. The van der Waals surface area contributed by atoms with Crippen LogP contribution in [0.15, 0.2) is 30.3 Å². The van der Waals surface area contributed by atoms with Gasteiger partial charge in [-0.15, -0.1) is 0 Å². The van der Waals surface area contributed by atoms with Crippen LogP contribution in [0, 0.1) is 0 Å². The highest BCUT2D eigenvalue weighted by atomic mass is 32.2. The van der Waals surface area contributed by atoms with Crippen molar-refractivity contribution in [2.24, 2.45) is 5.73 Å². The Labute approximate surface area is 109 Å². The Morgan fingerprint density at radius 3 is 2.35 bits per heavy atom. The molecular weight excluding hydrogens is 228 g/mol. The van der Waals surface area contributed by atoms with E-state index in [-0.39, 0.29) is 0 Å². The van der Waals surface area contributed by atoms with E-state index < -0.39 is 0 Å². The molecule has 0 aliphatic carbocycles. The van der Waals surface area contributed by atoms with E-state index in [1.165, 1.54) is 5.56 Å². The Balaban J connectivity index is 2.13. The van der Waals surface area contributed by atoms with Gasteiger partial charge in [-0.1, -0.05) is 44.2 Å². The number of thioether (sulfide) groups is 1. The normalized spacial score (nSPS) is 27.9. The average molecular weight is 250 g/mol. The maximum atomic E-state index is 5.98. The molecule has 0 amide bonds. The molecule has 17 heavy (non-hydrogen) atoms. The van der Waals surface area contributed by atoms with Gasteiger partial charge >= 0.3 is 0 Å². The smallest absolute Gasteiger partial charge is 0.0471 e. The summed E-state index contributed by atoms with van der Waals surface area (Å²) in [7, 11) is 0. The SMILES string of the molecule is CC1CN(C(CN)c2ccccc2)CC(C)S1. The lowest BCUT2D eigenvalue weighted by molar-refractivity contribution is 0.199. The molecule has 3 atom stereocenters. The summed E-state index contributed by atoms with van der Waals surface area (Å²) in [4.78, 5) is 2.54. The molecule has 2 nitrogen and oxygen atoms in total. The Morgan fingerprint density at radius 2 is 1.82 bits per heavy atom. The zero-order valence-electron chi connectivity index (χ0n) is 10.7.